The number of hydrogen-bond donors (Lipinski definition) is 1. The summed E-state index contributed by atoms with van der Waals surface area (Å²) < 4.78 is 0. The SMILES string of the molecule is CC(C)NCCN1CCN(C2CC2)CC1. The van der Waals surface area contributed by atoms with Crippen LogP contribution in [0, 0.1) is 0 Å². The van der Waals surface area contributed by atoms with Crippen molar-refractivity contribution in [1.29, 1.82) is 0 Å². The van der Waals surface area contributed by atoms with Gasteiger partial charge in [-0.15, -0.1) is 0 Å². The Balaban J connectivity index is 1.56. The van der Waals surface area contributed by atoms with Crippen LogP contribution in [-0.4, -0.2) is 61.2 Å². The van der Waals surface area contributed by atoms with Crippen LogP contribution in [0.2, 0.25) is 0 Å². The quantitative estimate of drug-likeness (QED) is 0.724. The molecule has 0 aromatic heterocycles. The molecule has 0 radical (unpaired) electrons. The molecule has 0 aromatic rings. The van der Waals surface area contributed by atoms with Gasteiger partial charge < -0.3 is 5.32 Å². The molecule has 1 aliphatic heterocycles. The van der Waals surface area contributed by atoms with Crippen molar-refractivity contribution in [3.05, 3.63) is 0 Å². The molecule has 2 aliphatic rings. The van der Waals surface area contributed by atoms with E-state index in [1.54, 1.807) is 0 Å². The first-order chi connectivity index (χ1) is 7.25. The van der Waals surface area contributed by atoms with Crippen molar-refractivity contribution in [3.63, 3.8) is 0 Å². The van der Waals surface area contributed by atoms with E-state index in [4.69, 9.17) is 0 Å². The second-order valence-corrected chi connectivity index (χ2v) is 5.22. The van der Waals surface area contributed by atoms with E-state index in [2.05, 4.69) is 29.0 Å². The van der Waals surface area contributed by atoms with E-state index in [0.717, 1.165) is 12.6 Å². The minimum absolute atomic E-state index is 0.623. The van der Waals surface area contributed by atoms with Gasteiger partial charge in [0.05, 0.1) is 0 Å². The molecule has 1 aliphatic carbocycles. The van der Waals surface area contributed by atoms with E-state index in [1.807, 2.05) is 0 Å². The van der Waals surface area contributed by atoms with Crippen LogP contribution in [0.3, 0.4) is 0 Å². The Morgan fingerprint density at radius 2 is 1.80 bits per heavy atom. The fraction of sp³-hybridized carbons (Fsp3) is 1.00. The molecule has 1 N–H and O–H groups in total. The van der Waals surface area contributed by atoms with Gasteiger partial charge in [0, 0.05) is 51.4 Å². The van der Waals surface area contributed by atoms with Crippen LogP contribution in [0.15, 0.2) is 0 Å². The number of nitrogens with one attached hydrogen (secondary N) is 1. The van der Waals surface area contributed by atoms with Crippen LogP contribution >= 0.6 is 0 Å². The van der Waals surface area contributed by atoms with Gasteiger partial charge in [0.15, 0.2) is 0 Å². The van der Waals surface area contributed by atoms with Crippen molar-refractivity contribution in [2.75, 3.05) is 39.3 Å². The van der Waals surface area contributed by atoms with Crippen molar-refractivity contribution in [2.45, 2.75) is 38.8 Å². The molecule has 15 heavy (non-hydrogen) atoms. The van der Waals surface area contributed by atoms with Crippen LogP contribution < -0.4 is 5.32 Å². The van der Waals surface area contributed by atoms with E-state index >= 15 is 0 Å². The molecule has 3 heteroatoms. The monoisotopic (exact) mass is 211 g/mol. The summed E-state index contributed by atoms with van der Waals surface area (Å²) in [6.45, 7) is 11.9. The van der Waals surface area contributed by atoms with Crippen molar-refractivity contribution in [2.24, 2.45) is 0 Å². The third-order valence-electron chi connectivity index (χ3n) is 3.45. The lowest BCUT2D eigenvalue weighted by Crippen LogP contribution is -2.49. The molecule has 0 unspecified atom stereocenters. The summed E-state index contributed by atoms with van der Waals surface area (Å²) in [4.78, 5) is 5.26. The highest BCUT2D eigenvalue weighted by Crippen LogP contribution is 2.27. The highest BCUT2D eigenvalue weighted by molar-refractivity contribution is 4.87. The molecule has 3 nitrogen and oxygen atoms in total. The largest absolute Gasteiger partial charge is 0.313 e. The minimum Gasteiger partial charge on any atom is -0.313 e. The van der Waals surface area contributed by atoms with Crippen molar-refractivity contribution in [3.8, 4) is 0 Å². The molecule has 1 saturated heterocycles. The zero-order chi connectivity index (χ0) is 10.7. The van der Waals surface area contributed by atoms with E-state index in [0.29, 0.717) is 6.04 Å². The van der Waals surface area contributed by atoms with Gasteiger partial charge in [-0.3, -0.25) is 9.80 Å². The number of hydrogen-bond acceptors (Lipinski definition) is 3. The predicted molar refractivity (Wildman–Crippen MR) is 64.2 cm³/mol. The number of nitrogens with zero attached hydrogens (tertiary/aromatic N) is 2. The first kappa shape index (κ1) is 11.4. The van der Waals surface area contributed by atoms with Crippen LogP contribution in [0.25, 0.3) is 0 Å². The number of piperazine rings is 1. The number of rotatable bonds is 5. The third-order valence-corrected chi connectivity index (χ3v) is 3.45. The van der Waals surface area contributed by atoms with Crippen molar-refractivity contribution < 1.29 is 0 Å². The van der Waals surface area contributed by atoms with E-state index in [1.165, 1.54) is 45.6 Å². The fourth-order valence-corrected chi connectivity index (χ4v) is 2.30. The second kappa shape index (κ2) is 5.28. The van der Waals surface area contributed by atoms with Gasteiger partial charge in [0.25, 0.3) is 0 Å². The third kappa shape index (κ3) is 3.74. The van der Waals surface area contributed by atoms with Crippen LogP contribution in [-0.2, 0) is 0 Å². The molecular formula is C12H25N3. The standard InChI is InChI=1S/C12H25N3/c1-11(2)13-5-6-14-7-9-15(10-8-14)12-3-4-12/h11-13H,3-10H2,1-2H3. The maximum absolute atomic E-state index is 3.48. The smallest absolute Gasteiger partial charge is 0.0113 e. The maximum atomic E-state index is 3.48. The van der Waals surface area contributed by atoms with E-state index in [-0.39, 0.29) is 0 Å². The molecule has 88 valence electrons. The molecule has 0 amide bonds. The van der Waals surface area contributed by atoms with Crippen molar-refractivity contribution in [1.82, 2.24) is 15.1 Å². The summed E-state index contributed by atoms with van der Waals surface area (Å²) in [5, 5.41) is 3.48. The summed E-state index contributed by atoms with van der Waals surface area (Å²) in [7, 11) is 0. The van der Waals surface area contributed by atoms with E-state index < -0.39 is 0 Å². The Hall–Kier alpha value is -0.120. The molecule has 1 heterocycles. The van der Waals surface area contributed by atoms with E-state index in [9.17, 15) is 0 Å². The zero-order valence-electron chi connectivity index (χ0n) is 10.2. The van der Waals surface area contributed by atoms with Crippen LogP contribution in [0.5, 0.6) is 0 Å². The Morgan fingerprint density at radius 1 is 1.13 bits per heavy atom. The highest BCUT2D eigenvalue weighted by atomic mass is 15.3. The predicted octanol–water partition coefficient (Wildman–Crippen LogP) is 0.764. The lowest BCUT2D eigenvalue weighted by Gasteiger charge is -2.34. The second-order valence-electron chi connectivity index (χ2n) is 5.22. The summed E-state index contributed by atoms with van der Waals surface area (Å²) >= 11 is 0. The van der Waals surface area contributed by atoms with Gasteiger partial charge in [-0.05, 0) is 12.8 Å². The van der Waals surface area contributed by atoms with Crippen LogP contribution in [0.1, 0.15) is 26.7 Å². The fourth-order valence-electron chi connectivity index (χ4n) is 2.30. The first-order valence-electron chi connectivity index (χ1n) is 6.45. The van der Waals surface area contributed by atoms with Gasteiger partial charge in [-0.2, -0.15) is 0 Å². The molecular weight excluding hydrogens is 186 g/mol. The molecule has 0 atom stereocenters. The normalized spacial score (nSPS) is 25.0. The average Bonchev–Trinajstić information content (AvgIpc) is 3.02. The molecule has 0 aromatic carbocycles. The summed E-state index contributed by atoms with van der Waals surface area (Å²) in [6, 6.07) is 1.58. The molecule has 1 saturated carbocycles. The Kier molecular flexibility index (Phi) is 4.00. The minimum atomic E-state index is 0.623. The van der Waals surface area contributed by atoms with Gasteiger partial charge in [0.1, 0.15) is 0 Å². The summed E-state index contributed by atoms with van der Waals surface area (Å²) in [5.74, 6) is 0. The van der Waals surface area contributed by atoms with Crippen molar-refractivity contribution >= 4 is 0 Å². The molecule has 0 spiro atoms. The molecule has 2 fully saturated rings. The van der Waals surface area contributed by atoms with Gasteiger partial charge >= 0.3 is 0 Å². The van der Waals surface area contributed by atoms with Gasteiger partial charge in [-0.1, -0.05) is 13.8 Å². The summed E-state index contributed by atoms with van der Waals surface area (Å²) in [5.41, 5.74) is 0. The highest BCUT2D eigenvalue weighted by Gasteiger charge is 2.30. The summed E-state index contributed by atoms with van der Waals surface area (Å²) in [6.07, 6.45) is 2.91. The zero-order valence-corrected chi connectivity index (χ0v) is 10.2. The molecule has 2 rings (SSSR count). The Bertz CT molecular complexity index is 179. The van der Waals surface area contributed by atoms with Gasteiger partial charge in [0.2, 0.25) is 0 Å². The Labute approximate surface area is 93.8 Å². The Morgan fingerprint density at radius 3 is 2.33 bits per heavy atom. The first-order valence-corrected chi connectivity index (χ1v) is 6.45. The molecule has 0 bridgehead atoms. The van der Waals surface area contributed by atoms with Crippen LogP contribution in [0.4, 0.5) is 0 Å². The maximum Gasteiger partial charge on any atom is 0.0113 e. The lowest BCUT2D eigenvalue weighted by molar-refractivity contribution is 0.127. The lowest BCUT2D eigenvalue weighted by atomic mass is 10.3. The topological polar surface area (TPSA) is 18.5 Å². The van der Waals surface area contributed by atoms with Gasteiger partial charge in [-0.25, -0.2) is 0 Å². The average molecular weight is 211 g/mol.